The summed E-state index contributed by atoms with van der Waals surface area (Å²) in [5.74, 6) is 1.11. The molecule has 3 heterocycles. The lowest BCUT2D eigenvalue weighted by Crippen LogP contribution is -2.18. The fourth-order valence-electron chi connectivity index (χ4n) is 2.93. The molecule has 1 aromatic carbocycles. The molecule has 31 heavy (non-hydrogen) atoms. The second-order valence-electron chi connectivity index (χ2n) is 6.49. The summed E-state index contributed by atoms with van der Waals surface area (Å²) in [7, 11) is 1.85. The smallest absolute Gasteiger partial charge is 0.270 e. The summed E-state index contributed by atoms with van der Waals surface area (Å²) in [5.41, 5.74) is 8.43. The van der Waals surface area contributed by atoms with E-state index in [9.17, 15) is 5.26 Å². The van der Waals surface area contributed by atoms with Crippen LogP contribution in [0.1, 0.15) is 5.56 Å². The van der Waals surface area contributed by atoms with Crippen molar-refractivity contribution in [1.82, 2.24) is 30.5 Å². The van der Waals surface area contributed by atoms with Crippen molar-refractivity contribution in [3.8, 4) is 40.4 Å². The van der Waals surface area contributed by atoms with E-state index < -0.39 is 0 Å². The molecule has 154 valence electrons. The quantitative estimate of drug-likeness (QED) is 0.385. The van der Waals surface area contributed by atoms with Crippen LogP contribution >= 0.6 is 0 Å². The van der Waals surface area contributed by atoms with Gasteiger partial charge in [-0.25, -0.2) is 15.0 Å². The molecule has 0 aliphatic rings. The second-order valence-corrected chi connectivity index (χ2v) is 6.49. The van der Waals surface area contributed by atoms with Crippen molar-refractivity contribution in [3.05, 3.63) is 54.4 Å². The van der Waals surface area contributed by atoms with Crippen LogP contribution in [-0.2, 0) is 0 Å². The number of nitrogen functional groups attached to an aromatic ring is 1. The van der Waals surface area contributed by atoms with Gasteiger partial charge in [-0.3, -0.25) is 0 Å². The van der Waals surface area contributed by atoms with E-state index >= 15 is 0 Å². The van der Waals surface area contributed by atoms with Gasteiger partial charge in [-0.15, -0.1) is 10.2 Å². The topological polar surface area (TPSA) is 151 Å². The number of nitrogens with two attached hydrogens (primary N) is 1. The van der Waals surface area contributed by atoms with Gasteiger partial charge in [0.15, 0.2) is 11.5 Å². The number of benzene rings is 1. The monoisotopic (exact) mass is 413 g/mol. The number of likely N-dealkylation sites (N-methyl/N-ethyl adjacent to an activating group) is 1. The first-order valence-corrected chi connectivity index (χ1v) is 9.51. The molecule has 4 N–H and O–H groups in total. The van der Waals surface area contributed by atoms with Gasteiger partial charge in [0.05, 0.1) is 11.9 Å². The van der Waals surface area contributed by atoms with E-state index in [0.29, 0.717) is 35.1 Å². The lowest BCUT2D eigenvalue weighted by Gasteiger charge is -2.11. The van der Waals surface area contributed by atoms with Gasteiger partial charge in [-0.2, -0.15) is 5.26 Å². The van der Waals surface area contributed by atoms with E-state index in [2.05, 4.69) is 41.9 Å². The summed E-state index contributed by atoms with van der Waals surface area (Å²) in [6.45, 7) is 1.34. The maximum absolute atomic E-state index is 9.73. The third-order valence-electron chi connectivity index (χ3n) is 4.46. The predicted octanol–water partition coefficient (Wildman–Crippen LogP) is 2.34. The molecule has 0 atom stereocenters. The fourth-order valence-corrected chi connectivity index (χ4v) is 2.93. The molecule has 0 unspecified atom stereocenters. The van der Waals surface area contributed by atoms with Gasteiger partial charge in [0.2, 0.25) is 5.89 Å². The van der Waals surface area contributed by atoms with E-state index in [1.165, 1.54) is 6.20 Å². The molecule has 0 radical (unpaired) electrons. The van der Waals surface area contributed by atoms with Crippen LogP contribution in [0.3, 0.4) is 0 Å². The van der Waals surface area contributed by atoms with Crippen LogP contribution in [0.25, 0.3) is 34.3 Å². The minimum atomic E-state index is 0.144. The standard InChI is InChI=1S/C21H19N9O/c1-24-9-10-26-19-15(11-22)14(7-8-25-19)16-12-27-18(23)17(28-16)21-30-29-20(31-21)13-5-3-2-4-6-13/h2-8,12,24H,9-10H2,1H3,(H2,23,27)(H,25,26). The van der Waals surface area contributed by atoms with Gasteiger partial charge in [0.1, 0.15) is 17.5 Å². The maximum Gasteiger partial charge on any atom is 0.270 e. The summed E-state index contributed by atoms with van der Waals surface area (Å²) in [6.07, 6.45) is 3.11. The fraction of sp³-hybridized carbons (Fsp3) is 0.143. The normalized spacial score (nSPS) is 10.6. The van der Waals surface area contributed by atoms with E-state index in [0.717, 1.165) is 12.1 Å². The van der Waals surface area contributed by atoms with Crippen LogP contribution in [0.4, 0.5) is 11.6 Å². The van der Waals surface area contributed by atoms with E-state index in [4.69, 9.17) is 10.2 Å². The van der Waals surface area contributed by atoms with E-state index in [1.54, 1.807) is 12.3 Å². The molecule has 0 saturated carbocycles. The SMILES string of the molecule is CNCCNc1nccc(-c2cnc(N)c(-c3nnc(-c4ccccc4)o3)n2)c1C#N. The Labute approximate surface area is 178 Å². The van der Waals surface area contributed by atoms with Crippen molar-refractivity contribution in [2.45, 2.75) is 0 Å². The number of rotatable bonds is 7. The maximum atomic E-state index is 9.73. The number of aromatic nitrogens is 5. The average molecular weight is 413 g/mol. The Morgan fingerprint density at radius 1 is 1.06 bits per heavy atom. The Balaban J connectivity index is 1.72. The van der Waals surface area contributed by atoms with Crippen LogP contribution in [0, 0.1) is 11.3 Å². The molecule has 0 bridgehead atoms. The molecule has 0 aliphatic carbocycles. The number of hydrogen-bond acceptors (Lipinski definition) is 10. The molecule has 0 amide bonds. The lowest BCUT2D eigenvalue weighted by molar-refractivity contribution is 0.582. The van der Waals surface area contributed by atoms with E-state index in [1.807, 2.05) is 37.4 Å². The third-order valence-corrected chi connectivity index (χ3v) is 4.46. The highest BCUT2D eigenvalue weighted by Crippen LogP contribution is 2.30. The number of nitrogens with one attached hydrogen (secondary N) is 2. The van der Waals surface area contributed by atoms with Crippen molar-refractivity contribution in [3.63, 3.8) is 0 Å². The number of nitrogens with zero attached hydrogens (tertiary/aromatic N) is 6. The van der Waals surface area contributed by atoms with Crippen molar-refractivity contribution < 1.29 is 4.42 Å². The highest BCUT2D eigenvalue weighted by molar-refractivity contribution is 5.76. The Morgan fingerprint density at radius 3 is 2.65 bits per heavy atom. The minimum absolute atomic E-state index is 0.144. The summed E-state index contributed by atoms with van der Waals surface area (Å²) < 4.78 is 5.77. The van der Waals surface area contributed by atoms with Crippen LogP contribution in [-0.4, -0.2) is 45.3 Å². The molecule has 10 heteroatoms. The van der Waals surface area contributed by atoms with Crippen LogP contribution < -0.4 is 16.4 Å². The van der Waals surface area contributed by atoms with E-state index in [-0.39, 0.29) is 17.4 Å². The summed E-state index contributed by atoms with van der Waals surface area (Å²) >= 11 is 0. The zero-order valence-corrected chi connectivity index (χ0v) is 16.7. The van der Waals surface area contributed by atoms with Crippen LogP contribution in [0.5, 0.6) is 0 Å². The highest BCUT2D eigenvalue weighted by atomic mass is 16.4. The molecule has 4 aromatic rings. The molecule has 0 saturated heterocycles. The summed E-state index contributed by atoms with van der Waals surface area (Å²) in [5, 5.41) is 24.1. The van der Waals surface area contributed by atoms with Gasteiger partial charge in [0, 0.05) is 30.4 Å². The first-order valence-electron chi connectivity index (χ1n) is 9.51. The molecule has 0 fully saturated rings. The van der Waals surface area contributed by atoms with Crippen LogP contribution in [0.2, 0.25) is 0 Å². The predicted molar refractivity (Wildman–Crippen MR) is 116 cm³/mol. The summed E-state index contributed by atoms with van der Waals surface area (Å²) in [4.78, 5) is 13.1. The Kier molecular flexibility index (Phi) is 5.77. The van der Waals surface area contributed by atoms with Gasteiger partial charge in [-0.1, -0.05) is 18.2 Å². The van der Waals surface area contributed by atoms with Gasteiger partial charge < -0.3 is 20.8 Å². The largest absolute Gasteiger partial charge is 0.414 e. The number of hydrogen-bond donors (Lipinski definition) is 3. The minimum Gasteiger partial charge on any atom is -0.414 e. The molecule has 10 nitrogen and oxygen atoms in total. The Bertz CT molecular complexity index is 1230. The Hall–Kier alpha value is -4.36. The van der Waals surface area contributed by atoms with Crippen molar-refractivity contribution in [2.24, 2.45) is 0 Å². The van der Waals surface area contributed by atoms with Crippen LogP contribution in [0.15, 0.2) is 53.2 Å². The van der Waals surface area contributed by atoms with Crippen molar-refractivity contribution in [2.75, 3.05) is 31.2 Å². The highest BCUT2D eigenvalue weighted by Gasteiger charge is 2.19. The third kappa shape index (κ3) is 4.17. The molecule has 0 spiro atoms. The molecule has 0 aliphatic heterocycles. The van der Waals surface area contributed by atoms with Gasteiger partial charge >= 0.3 is 0 Å². The van der Waals surface area contributed by atoms with Gasteiger partial charge in [0.25, 0.3) is 5.89 Å². The van der Waals surface area contributed by atoms with Crippen molar-refractivity contribution >= 4 is 11.6 Å². The first-order chi connectivity index (χ1) is 15.2. The number of pyridine rings is 1. The number of nitriles is 1. The molecular formula is C21H19N9O. The second kappa shape index (κ2) is 8.98. The van der Waals surface area contributed by atoms with Crippen molar-refractivity contribution in [1.29, 1.82) is 5.26 Å². The zero-order valence-electron chi connectivity index (χ0n) is 16.7. The van der Waals surface area contributed by atoms with Gasteiger partial charge in [-0.05, 0) is 25.2 Å². The molecule has 3 aromatic heterocycles. The Morgan fingerprint density at radius 2 is 1.87 bits per heavy atom. The zero-order chi connectivity index (χ0) is 21.6. The molecule has 4 rings (SSSR count). The summed E-state index contributed by atoms with van der Waals surface area (Å²) in [6, 6.07) is 13.3. The lowest BCUT2D eigenvalue weighted by atomic mass is 10.1. The number of anilines is 2. The first kappa shape index (κ1) is 19.9. The average Bonchev–Trinajstić information content (AvgIpc) is 3.30. The molecular weight excluding hydrogens is 394 g/mol.